The number of hydrogen-bond donors (Lipinski definition) is 0. The summed E-state index contributed by atoms with van der Waals surface area (Å²) in [4.78, 5) is 14.5. The summed E-state index contributed by atoms with van der Waals surface area (Å²) in [6, 6.07) is 17.1. The number of nitrogens with zero attached hydrogens (tertiary/aromatic N) is 4. The molecule has 4 rings (SSSR count). The number of carbonyl (C=O) groups excluding carboxylic acids is 1. The number of hydrogen-bond acceptors (Lipinski definition) is 3. The molecule has 6 heteroatoms. The maximum absolute atomic E-state index is 12.7. The molecule has 0 aliphatic carbocycles. The van der Waals surface area contributed by atoms with E-state index in [-0.39, 0.29) is 5.91 Å². The van der Waals surface area contributed by atoms with Gasteiger partial charge in [0, 0.05) is 18.7 Å². The normalized spacial score (nSPS) is 13.6. The van der Waals surface area contributed by atoms with Gasteiger partial charge in [-0.2, -0.15) is 0 Å². The Morgan fingerprint density at radius 1 is 0.958 bits per heavy atom. The van der Waals surface area contributed by atoms with Crippen molar-refractivity contribution in [3.8, 4) is 11.4 Å². The second-order valence-electron chi connectivity index (χ2n) is 5.66. The average molecular weight is 339 g/mol. The first-order chi connectivity index (χ1) is 11.7. The van der Waals surface area contributed by atoms with E-state index < -0.39 is 0 Å². The summed E-state index contributed by atoms with van der Waals surface area (Å²) in [5, 5.41) is 9.04. The Morgan fingerprint density at radius 3 is 2.50 bits per heavy atom. The van der Waals surface area contributed by atoms with Crippen LogP contribution in [0.25, 0.3) is 11.4 Å². The van der Waals surface area contributed by atoms with Crippen molar-refractivity contribution < 1.29 is 4.79 Å². The summed E-state index contributed by atoms with van der Waals surface area (Å²) in [5.74, 6) is 1.56. The molecule has 0 spiro atoms. The standard InChI is InChI=1S/C18H15ClN4O/c19-15-9-5-4-8-14(15)18(24)22-10-11-23-16(12-22)20-21-17(23)13-6-2-1-3-7-13/h1-9H,10-12H2. The predicted octanol–water partition coefficient (Wildman–Crippen LogP) is 3.25. The van der Waals surface area contributed by atoms with Gasteiger partial charge in [-0.1, -0.05) is 54.1 Å². The van der Waals surface area contributed by atoms with Crippen LogP contribution in [0.15, 0.2) is 54.6 Å². The quantitative estimate of drug-likeness (QED) is 0.720. The number of benzene rings is 2. The molecule has 24 heavy (non-hydrogen) atoms. The number of halogens is 1. The van der Waals surface area contributed by atoms with Gasteiger partial charge in [0.2, 0.25) is 0 Å². The van der Waals surface area contributed by atoms with Crippen molar-refractivity contribution >= 4 is 17.5 Å². The highest BCUT2D eigenvalue weighted by Gasteiger charge is 2.26. The monoisotopic (exact) mass is 338 g/mol. The van der Waals surface area contributed by atoms with Crippen molar-refractivity contribution in [1.82, 2.24) is 19.7 Å². The van der Waals surface area contributed by atoms with Gasteiger partial charge in [-0.15, -0.1) is 10.2 Å². The highest BCUT2D eigenvalue weighted by molar-refractivity contribution is 6.33. The molecule has 1 aliphatic rings. The number of carbonyl (C=O) groups is 1. The Hall–Kier alpha value is -2.66. The number of aromatic nitrogens is 3. The van der Waals surface area contributed by atoms with Gasteiger partial charge in [-0.05, 0) is 12.1 Å². The van der Waals surface area contributed by atoms with Crippen LogP contribution in [0.5, 0.6) is 0 Å². The topological polar surface area (TPSA) is 51.0 Å². The molecule has 5 nitrogen and oxygen atoms in total. The summed E-state index contributed by atoms with van der Waals surface area (Å²) in [7, 11) is 0. The van der Waals surface area contributed by atoms with Crippen molar-refractivity contribution in [1.29, 1.82) is 0 Å². The maximum Gasteiger partial charge on any atom is 0.255 e. The molecule has 0 atom stereocenters. The maximum atomic E-state index is 12.7. The molecule has 0 fully saturated rings. The van der Waals surface area contributed by atoms with Gasteiger partial charge in [0.25, 0.3) is 5.91 Å². The van der Waals surface area contributed by atoms with Crippen LogP contribution in [-0.2, 0) is 13.1 Å². The van der Waals surface area contributed by atoms with Gasteiger partial charge in [-0.3, -0.25) is 4.79 Å². The fourth-order valence-corrected chi connectivity index (χ4v) is 3.15. The van der Waals surface area contributed by atoms with Gasteiger partial charge in [0.15, 0.2) is 11.6 Å². The van der Waals surface area contributed by atoms with Crippen LogP contribution >= 0.6 is 11.6 Å². The molecule has 2 heterocycles. The van der Waals surface area contributed by atoms with E-state index >= 15 is 0 Å². The summed E-state index contributed by atoms with van der Waals surface area (Å²) >= 11 is 6.14. The van der Waals surface area contributed by atoms with E-state index in [1.807, 2.05) is 42.5 Å². The lowest BCUT2D eigenvalue weighted by atomic mass is 10.1. The minimum absolute atomic E-state index is 0.0730. The Bertz CT molecular complexity index is 891. The first-order valence-electron chi connectivity index (χ1n) is 7.75. The van der Waals surface area contributed by atoms with Crippen molar-refractivity contribution in [2.24, 2.45) is 0 Å². The zero-order valence-electron chi connectivity index (χ0n) is 12.9. The van der Waals surface area contributed by atoms with Gasteiger partial charge >= 0.3 is 0 Å². The molecule has 120 valence electrons. The molecule has 0 bridgehead atoms. The molecule has 0 N–H and O–H groups in total. The van der Waals surface area contributed by atoms with Crippen molar-refractivity contribution in [2.45, 2.75) is 13.1 Å². The van der Waals surface area contributed by atoms with Gasteiger partial charge < -0.3 is 9.47 Å². The Labute approximate surface area is 144 Å². The predicted molar refractivity (Wildman–Crippen MR) is 91.7 cm³/mol. The van der Waals surface area contributed by atoms with Crippen LogP contribution in [-0.4, -0.2) is 32.1 Å². The number of amides is 1. The Morgan fingerprint density at radius 2 is 1.71 bits per heavy atom. The van der Waals surface area contributed by atoms with Gasteiger partial charge in [0.1, 0.15) is 0 Å². The number of rotatable bonds is 2. The SMILES string of the molecule is O=C(c1ccccc1Cl)N1CCn2c(nnc2-c2ccccc2)C1. The van der Waals surface area contributed by atoms with Gasteiger partial charge in [-0.25, -0.2) is 0 Å². The average Bonchev–Trinajstić information content (AvgIpc) is 3.05. The molecular formula is C18H15ClN4O. The van der Waals surface area contributed by atoms with Crippen LogP contribution in [0.2, 0.25) is 5.02 Å². The third kappa shape index (κ3) is 2.57. The number of fused-ring (bicyclic) bond motifs is 1. The molecule has 0 saturated carbocycles. The van der Waals surface area contributed by atoms with E-state index in [0.29, 0.717) is 30.2 Å². The van der Waals surface area contributed by atoms with Crippen molar-refractivity contribution in [3.05, 3.63) is 71.0 Å². The molecule has 3 aromatic rings. The van der Waals surface area contributed by atoms with Crippen LogP contribution in [0, 0.1) is 0 Å². The molecule has 0 unspecified atom stereocenters. The molecule has 2 aromatic carbocycles. The summed E-state index contributed by atoms with van der Waals surface area (Å²) < 4.78 is 2.08. The molecule has 0 radical (unpaired) electrons. The van der Waals surface area contributed by atoms with Crippen molar-refractivity contribution in [3.63, 3.8) is 0 Å². The summed E-state index contributed by atoms with van der Waals surface area (Å²) in [6.45, 7) is 1.71. The smallest absolute Gasteiger partial charge is 0.255 e. The van der Waals surface area contributed by atoms with Crippen molar-refractivity contribution in [2.75, 3.05) is 6.54 Å². The highest BCUT2D eigenvalue weighted by Crippen LogP contribution is 2.24. The fourth-order valence-electron chi connectivity index (χ4n) is 2.94. The zero-order chi connectivity index (χ0) is 16.5. The minimum atomic E-state index is -0.0730. The lowest BCUT2D eigenvalue weighted by molar-refractivity contribution is 0.0708. The third-order valence-electron chi connectivity index (χ3n) is 4.18. The Balaban J connectivity index is 1.61. The second-order valence-corrected chi connectivity index (χ2v) is 6.07. The molecule has 1 aliphatic heterocycles. The molecule has 1 amide bonds. The lowest BCUT2D eigenvalue weighted by Crippen LogP contribution is -2.38. The van der Waals surface area contributed by atoms with Gasteiger partial charge in [0.05, 0.1) is 17.1 Å². The van der Waals surface area contributed by atoms with E-state index in [2.05, 4.69) is 14.8 Å². The van der Waals surface area contributed by atoms with Crippen LogP contribution in [0.3, 0.4) is 0 Å². The van der Waals surface area contributed by atoms with E-state index in [1.54, 1.807) is 17.0 Å². The second kappa shape index (κ2) is 6.09. The summed E-state index contributed by atoms with van der Waals surface area (Å²) in [5.41, 5.74) is 1.55. The van der Waals surface area contributed by atoms with Crippen LogP contribution in [0.4, 0.5) is 0 Å². The first-order valence-corrected chi connectivity index (χ1v) is 8.13. The Kier molecular flexibility index (Phi) is 3.78. The zero-order valence-corrected chi connectivity index (χ0v) is 13.6. The molecular weight excluding hydrogens is 324 g/mol. The van der Waals surface area contributed by atoms with Crippen LogP contribution in [0.1, 0.15) is 16.2 Å². The largest absolute Gasteiger partial charge is 0.329 e. The van der Waals surface area contributed by atoms with E-state index in [4.69, 9.17) is 11.6 Å². The highest BCUT2D eigenvalue weighted by atomic mass is 35.5. The minimum Gasteiger partial charge on any atom is -0.329 e. The molecule has 1 aromatic heterocycles. The first kappa shape index (κ1) is 14.9. The van der Waals surface area contributed by atoms with E-state index in [9.17, 15) is 4.79 Å². The fraction of sp³-hybridized carbons (Fsp3) is 0.167. The lowest BCUT2D eigenvalue weighted by Gasteiger charge is -2.28. The summed E-state index contributed by atoms with van der Waals surface area (Å²) in [6.07, 6.45) is 0. The third-order valence-corrected chi connectivity index (χ3v) is 4.51. The molecule has 0 saturated heterocycles. The van der Waals surface area contributed by atoms with E-state index in [1.165, 1.54) is 0 Å². The van der Waals surface area contributed by atoms with E-state index in [0.717, 1.165) is 17.2 Å². The van der Waals surface area contributed by atoms with Crippen LogP contribution < -0.4 is 0 Å².